The summed E-state index contributed by atoms with van der Waals surface area (Å²) in [5.74, 6) is 0.0852. The van der Waals surface area contributed by atoms with E-state index in [0.717, 1.165) is 12.8 Å². The van der Waals surface area contributed by atoms with Gasteiger partial charge >= 0.3 is 0 Å². The van der Waals surface area contributed by atoms with E-state index in [1.807, 2.05) is 38.1 Å². The fraction of sp³-hybridized carbons (Fsp3) is 0.571. The lowest BCUT2D eigenvalue weighted by molar-refractivity contribution is 0.582. The molecule has 0 aromatic heterocycles. The summed E-state index contributed by atoms with van der Waals surface area (Å²) >= 11 is 0. The summed E-state index contributed by atoms with van der Waals surface area (Å²) < 4.78 is 26.3. The first-order valence-electron chi connectivity index (χ1n) is 6.76. The number of sulfonamides is 1. The van der Waals surface area contributed by atoms with E-state index in [2.05, 4.69) is 17.0 Å². The average molecular weight is 284 g/mol. The second-order valence-corrected chi connectivity index (χ2v) is 6.82. The summed E-state index contributed by atoms with van der Waals surface area (Å²) in [5.41, 5.74) is 1.86. The zero-order chi connectivity index (χ0) is 14.3. The SMILES string of the molecule is CCCc1ccc(NS(=O)(=O)CCNC(C)C)cc1. The molecule has 0 fully saturated rings. The van der Waals surface area contributed by atoms with Crippen LogP contribution >= 0.6 is 0 Å². The Balaban J connectivity index is 2.52. The Kier molecular flexibility index (Phi) is 6.31. The monoisotopic (exact) mass is 284 g/mol. The van der Waals surface area contributed by atoms with E-state index in [1.54, 1.807) is 0 Å². The first kappa shape index (κ1) is 16.0. The van der Waals surface area contributed by atoms with Crippen molar-refractivity contribution in [2.24, 2.45) is 0 Å². The molecular formula is C14H24N2O2S. The predicted octanol–water partition coefficient (Wildman–Crippen LogP) is 2.38. The van der Waals surface area contributed by atoms with Crippen molar-refractivity contribution in [3.63, 3.8) is 0 Å². The number of aryl methyl sites for hydroxylation is 1. The largest absolute Gasteiger partial charge is 0.313 e. The van der Waals surface area contributed by atoms with Gasteiger partial charge in [0.15, 0.2) is 0 Å². The standard InChI is InChI=1S/C14H24N2O2S/c1-4-5-13-6-8-14(9-7-13)16-19(17,18)11-10-15-12(2)3/h6-9,12,15-16H,4-5,10-11H2,1-3H3. The molecule has 1 aromatic carbocycles. The Hall–Kier alpha value is -1.07. The Morgan fingerprint density at radius 2 is 1.79 bits per heavy atom. The molecule has 0 atom stereocenters. The fourth-order valence-corrected chi connectivity index (χ4v) is 2.72. The van der Waals surface area contributed by atoms with Gasteiger partial charge in [-0.3, -0.25) is 4.72 Å². The van der Waals surface area contributed by atoms with Gasteiger partial charge in [-0.15, -0.1) is 0 Å². The molecule has 1 aromatic rings. The normalized spacial score (nSPS) is 11.8. The molecule has 0 unspecified atom stereocenters. The highest BCUT2D eigenvalue weighted by molar-refractivity contribution is 7.92. The Labute approximate surface area is 116 Å². The van der Waals surface area contributed by atoms with Crippen LogP contribution in [-0.2, 0) is 16.4 Å². The zero-order valence-corrected chi connectivity index (χ0v) is 12.8. The van der Waals surface area contributed by atoms with Crippen LogP contribution in [0.3, 0.4) is 0 Å². The highest BCUT2D eigenvalue weighted by Gasteiger charge is 2.10. The van der Waals surface area contributed by atoms with E-state index in [-0.39, 0.29) is 5.75 Å². The van der Waals surface area contributed by atoms with Crippen LogP contribution in [-0.4, -0.2) is 26.8 Å². The summed E-state index contributed by atoms with van der Waals surface area (Å²) in [5, 5.41) is 3.09. The fourth-order valence-electron chi connectivity index (χ4n) is 1.74. The molecule has 0 radical (unpaired) electrons. The van der Waals surface area contributed by atoms with Gasteiger partial charge in [0.2, 0.25) is 10.0 Å². The van der Waals surface area contributed by atoms with E-state index in [9.17, 15) is 8.42 Å². The highest BCUT2D eigenvalue weighted by atomic mass is 32.2. The first-order chi connectivity index (χ1) is 8.93. The third-order valence-electron chi connectivity index (χ3n) is 2.69. The van der Waals surface area contributed by atoms with Crippen LogP contribution < -0.4 is 10.0 Å². The number of rotatable bonds is 8. The lowest BCUT2D eigenvalue weighted by Gasteiger charge is -2.11. The molecule has 5 heteroatoms. The molecule has 0 bridgehead atoms. The quantitative estimate of drug-likeness (QED) is 0.770. The van der Waals surface area contributed by atoms with Crippen LogP contribution in [0.5, 0.6) is 0 Å². The third kappa shape index (κ3) is 6.59. The van der Waals surface area contributed by atoms with Crippen LogP contribution in [0.4, 0.5) is 5.69 Å². The van der Waals surface area contributed by atoms with Gasteiger partial charge in [-0.05, 0) is 24.1 Å². The van der Waals surface area contributed by atoms with Crippen LogP contribution in [0, 0.1) is 0 Å². The van der Waals surface area contributed by atoms with Gasteiger partial charge in [0.1, 0.15) is 0 Å². The number of hydrogen-bond acceptors (Lipinski definition) is 3. The second-order valence-electron chi connectivity index (χ2n) is 4.98. The minimum Gasteiger partial charge on any atom is -0.313 e. The first-order valence-corrected chi connectivity index (χ1v) is 8.41. The van der Waals surface area contributed by atoms with Gasteiger partial charge in [-0.25, -0.2) is 8.42 Å². The molecule has 1 rings (SSSR count). The molecule has 0 spiro atoms. The van der Waals surface area contributed by atoms with Gasteiger partial charge in [-0.2, -0.15) is 0 Å². The molecule has 2 N–H and O–H groups in total. The lowest BCUT2D eigenvalue weighted by atomic mass is 10.1. The van der Waals surface area contributed by atoms with Gasteiger partial charge < -0.3 is 5.32 Å². The Morgan fingerprint density at radius 1 is 1.16 bits per heavy atom. The van der Waals surface area contributed by atoms with Gasteiger partial charge in [0.05, 0.1) is 5.75 Å². The smallest absolute Gasteiger partial charge is 0.233 e. The van der Waals surface area contributed by atoms with E-state index < -0.39 is 10.0 Å². The van der Waals surface area contributed by atoms with E-state index in [0.29, 0.717) is 18.3 Å². The van der Waals surface area contributed by atoms with Crippen molar-refractivity contribution in [1.29, 1.82) is 0 Å². The zero-order valence-electron chi connectivity index (χ0n) is 11.9. The van der Waals surface area contributed by atoms with Crippen molar-refractivity contribution in [1.82, 2.24) is 5.32 Å². The van der Waals surface area contributed by atoms with Crippen LogP contribution in [0.15, 0.2) is 24.3 Å². The van der Waals surface area contributed by atoms with Crippen molar-refractivity contribution in [3.8, 4) is 0 Å². The number of hydrogen-bond donors (Lipinski definition) is 2. The van der Waals surface area contributed by atoms with Crippen molar-refractivity contribution in [2.75, 3.05) is 17.0 Å². The highest BCUT2D eigenvalue weighted by Crippen LogP contribution is 2.12. The van der Waals surface area contributed by atoms with Crippen LogP contribution in [0.1, 0.15) is 32.8 Å². The minimum atomic E-state index is -3.27. The number of anilines is 1. The maximum atomic E-state index is 11.8. The number of nitrogens with one attached hydrogen (secondary N) is 2. The molecule has 0 saturated heterocycles. The van der Waals surface area contributed by atoms with E-state index in [1.165, 1.54) is 5.56 Å². The summed E-state index contributed by atoms with van der Waals surface area (Å²) in [4.78, 5) is 0. The Morgan fingerprint density at radius 3 is 2.32 bits per heavy atom. The van der Waals surface area contributed by atoms with Crippen molar-refractivity contribution in [3.05, 3.63) is 29.8 Å². The summed E-state index contributed by atoms with van der Waals surface area (Å²) in [7, 11) is -3.27. The van der Waals surface area contributed by atoms with E-state index in [4.69, 9.17) is 0 Å². The van der Waals surface area contributed by atoms with Crippen molar-refractivity contribution >= 4 is 15.7 Å². The third-order valence-corrected chi connectivity index (χ3v) is 3.98. The van der Waals surface area contributed by atoms with Crippen LogP contribution in [0.2, 0.25) is 0 Å². The molecule has 108 valence electrons. The molecule has 4 nitrogen and oxygen atoms in total. The summed E-state index contributed by atoms with van der Waals surface area (Å²) in [6.07, 6.45) is 2.11. The van der Waals surface area contributed by atoms with Gasteiger partial charge in [0, 0.05) is 18.3 Å². The maximum absolute atomic E-state index is 11.8. The minimum absolute atomic E-state index is 0.0852. The molecule has 0 heterocycles. The number of benzene rings is 1. The molecule has 0 amide bonds. The van der Waals surface area contributed by atoms with Crippen LogP contribution in [0.25, 0.3) is 0 Å². The molecule has 19 heavy (non-hydrogen) atoms. The maximum Gasteiger partial charge on any atom is 0.233 e. The summed E-state index contributed by atoms with van der Waals surface area (Å²) in [6.45, 7) is 6.57. The molecule has 0 aliphatic carbocycles. The van der Waals surface area contributed by atoms with Crippen molar-refractivity contribution in [2.45, 2.75) is 39.7 Å². The molecule has 0 saturated carbocycles. The Bertz CT molecular complexity index is 467. The molecular weight excluding hydrogens is 260 g/mol. The molecule has 0 aliphatic heterocycles. The van der Waals surface area contributed by atoms with Crippen molar-refractivity contribution < 1.29 is 8.42 Å². The van der Waals surface area contributed by atoms with Gasteiger partial charge in [-0.1, -0.05) is 39.3 Å². The lowest BCUT2D eigenvalue weighted by Crippen LogP contribution is -2.30. The van der Waals surface area contributed by atoms with Gasteiger partial charge in [0.25, 0.3) is 0 Å². The second kappa shape index (κ2) is 7.50. The van der Waals surface area contributed by atoms with E-state index >= 15 is 0 Å². The molecule has 0 aliphatic rings. The average Bonchev–Trinajstić information content (AvgIpc) is 2.31. The topological polar surface area (TPSA) is 58.2 Å². The predicted molar refractivity (Wildman–Crippen MR) is 81.0 cm³/mol. The summed E-state index contributed by atoms with van der Waals surface area (Å²) in [6, 6.07) is 7.86.